The molecule has 2 atom stereocenters. The first-order chi connectivity index (χ1) is 8.56. The van der Waals surface area contributed by atoms with Gasteiger partial charge >= 0.3 is 0 Å². The van der Waals surface area contributed by atoms with Crippen LogP contribution in [-0.4, -0.2) is 54.0 Å². The fourth-order valence-electron chi connectivity index (χ4n) is 3.17. The molecule has 0 radical (unpaired) electrons. The van der Waals surface area contributed by atoms with Crippen LogP contribution in [-0.2, 0) is 4.79 Å². The van der Waals surface area contributed by atoms with Crippen molar-refractivity contribution in [3.8, 4) is 0 Å². The van der Waals surface area contributed by atoms with E-state index in [1.54, 1.807) is 0 Å². The molecule has 4 heteroatoms. The molecule has 2 fully saturated rings. The monoisotopic (exact) mass is 253 g/mol. The van der Waals surface area contributed by atoms with Crippen molar-refractivity contribution >= 4 is 5.91 Å². The zero-order valence-electron chi connectivity index (χ0n) is 11.8. The van der Waals surface area contributed by atoms with Gasteiger partial charge in [-0.2, -0.15) is 0 Å². The Kier molecular flexibility index (Phi) is 4.62. The summed E-state index contributed by atoms with van der Waals surface area (Å²) in [5.41, 5.74) is 5.89. The van der Waals surface area contributed by atoms with Crippen molar-refractivity contribution in [3.05, 3.63) is 0 Å². The first-order valence-electron chi connectivity index (χ1n) is 7.33. The van der Waals surface area contributed by atoms with Crippen LogP contribution in [0.25, 0.3) is 0 Å². The average molecular weight is 253 g/mol. The molecule has 0 aromatic carbocycles. The maximum Gasteiger partial charge on any atom is 0.236 e. The fourth-order valence-corrected chi connectivity index (χ4v) is 3.17. The maximum atomic E-state index is 12.3. The molecule has 1 amide bonds. The van der Waals surface area contributed by atoms with Crippen LogP contribution in [0.4, 0.5) is 0 Å². The topological polar surface area (TPSA) is 49.6 Å². The van der Waals surface area contributed by atoms with Crippen LogP contribution in [0, 0.1) is 5.92 Å². The predicted octanol–water partition coefficient (Wildman–Crippen LogP) is 1.06. The second-order valence-corrected chi connectivity index (χ2v) is 6.18. The number of carbonyl (C=O) groups excluding carboxylic acids is 1. The van der Waals surface area contributed by atoms with E-state index in [1.807, 2.05) is 0 Å². The lowest BCUT2D eigenvalue weighted by molar-refractivity contribution is -0.136. The molecule has 2 unspecified atom stereocenters. The molecule has 0 spiro atoms. The third-order valence-corrected chi connectivity index (χ3v) is 4.45. The summed E-state index contributed by atoms with van der Waals surface area (Å²) in [5.74, 6) is 1.07. The van der Waals surface area contributed by atoms with Crippen LogP contribution >= 0.6 is 0 Å². The Bertz CT molecular complexity index is 287. The van der Waals surface area contributed by atoms with Crippen LogP contribution in [0.2, 0.25) is 0 Å². The van der Waals surface area contributed by atoms with Crippen LogP contribution in [0.5, 0.6) is 0 Å². The summed E-state index contributed by atoms with van der Waals surface area (Å²) in [6.45, 7) is 7.95. The summed E-state index contributed by atoms with van der Waals surface area (Å²) in [6, 6.07) is 0.749. The minimum atomic E-state index is 0.310. The molecular weight excluding hydrogens is 226 g/mol. The van der Waals surface area contributed by atoms with Crippen LogP contribution in [0.15, 0.2) is 0 Å². The third kappa shape index (κ3) is 3.45. The number of piperidine rings is 2. The lowest BCUT2D eigenvalue weighted by Crippen LogP contribution is -2.50. The number of nitrogens with zero attached hydrogens (tertiary/aromatic N) is 2. The van der Waals surface area contributed by atoms with E-state index in [9.17, 15) is 4.79 Å². The van der Waals surface area contributed by atoms with Gasteiger partial charge < -0.3 is 10.6 Å². The summed E-state index contributed by atoms with van der Waals surface area (Å²) >= 11 is 0. The van der Waals surface area contributed by atoms with E-state index in [4.69, 9.17) is 5.73 Å². The molecule has 2 heterocycles. The van der Waals surface area contributed by atoms with Gasteiger partial charge in [-0.1, -0.05) is 6.92 Å². The lowest BCUT2D eigenvalue weighted by Gasteiger charge is -2.38. The molecule has 104 valence electrons. The highest BCUT2D eigenvalue weighted by Crippen LogP contribution is 2.22. The Balaban J connectivity index is 1.80. The normalized spacial score (nSPS) is 31.6. The molecule has 2 aliphatic rings. The molecule has 2 saturated heterocycles. The van der Waals surface area contributed by atoms with E-state index in [0.717, 1.165) is 51.2 Å². The number of carbonyl (C=O) groups is 1. The van der Waals surface area contributed by atoms with Crippen molar-refractivity contribution in [2.45, 2.75) is 51.6 Å². The number of nitrogens with two attached hydrogens (primary N) is 1. The van der Waals surface area contributed by atoms with Crippen molar-refractivity contribution in [1.29, 1.82) is 0 Å². The Hall–Kier alpha value is -0.610. The number of hydrogen-bond acceptors (Lipinski definition) is 3. The molecule has 2 aliphatic heterocycles. The van der Waals surface area contributed by atoms with Crippen LogP contribution in [0.1, 0.15) is 39.5 Å². The first-order valence-corrected chi connectivity index (χ1v) is 7.33. The van der Waals surface area contributed by atoms with Gasteiger partial charge in [0.25, 0.3) is 0 Å². The van der Waals surface area contributed by atoms with E-state index in [-0.39, 0.29) is 0 Å². The SMILES string of the molecule is CC1CCN(C(=O)CN2CCC(N)CC2)C(C)C1. The Morgan fingerprint density at radius 3 is 2.44 bits per heavy atom. The van der Waals surface area contributed by atoms with E-state index >= 15 is 0 Å². The zero-order chi connectivity index (χ0) is 13.1. The predicted molar refractivity (Wildman–Crippen MR) is 73.2 cm³/mol. The van der Waals surface area contributed by atoms with E-state index in [0.29, 0.717) is 24.5 Å². The van der Waals surface area contributed by atoms with Gasteiger partial charge in [-0.3, -0.25) is 9.69 Å². The van der Waals surface area contributed by atoms with Crippen molar-refractivity contribution in [2.24, 2.45) is 11.7 Å². The Labute approximate surface area is 110 Å². The fraction of sp³-hybridized carbons (Fsp3) is 0.929. The second kappa shape index (κ2) is 6.02. The van der Waals surface area contributed by atoms with E-state index in [1.165, 1.54) is 0 Å². The third-order valence-electron chi connectivity index (χ3n) is 4.45. The molecule has 0 aliphatic carbocycles. The molecule has 4 nitrogen and oxygen atoms in total. The second-order valence-electron chi connectivity index (χ2n) is 6.18. The minimum absolute atomic E-state index is 0.310. The number of hydrogen-bond donors (Lipinski definition) is 1. The number of likely N-dealkylation sites (tertiary alicyclic amines) is 2. The van der Waals surface area contributed by atoms with Gasteiger partial charge in [-0.05, 0) is 38.5 Å². The van der Waals surface area contributed by atoms with Gasteiger partial charge in [0.15, 0.2) is 0 Å². The molecule has 2 rings (SSSR count). The van der Waals surface area contributed by atoms with Crippen molar-refractivity contribution in [2.75, 3.05) is 26.2 Å². The quantitative estimate of drug-likeness (QED) is 0.800. The summed E-state index contributed by atoms with van der Waals surface area (Å²) in [6.07, 6.45) is 4.36. The smallest absolute Gasteiger partial charge is 0.236 e. The van der Waals surface area contributed by atoms with Gasteiger partial charge in [0.2, 0.25) is 5.91 Å². The molecule has 2 N–H and O–H groups in total. The van der Waals surface area contributed by atoms with Crippen molar-refractivity contribution in [3.63, 3.8) is 0 Å². The highest BCUT2D eigenvalue weighted by Gasteiger charge is 2.28. The summed E-state index contributed by atoms with van der Waals surface area (Å²) in [4.78, 5) is 16.7. The van der Waals surface area contributed by atoms with Crippen molar-refractivity contribution < 1.29 is 4.79 Å². The highest BCUT2D eigenvalue weighted by atomic mass is 16.2. The van der Waals surface area contributed by atoms with Gasteiger partial charge in [-0.15, -0.1) is 0 Å². The maximum absolute atomic E-state index is 12.3. The molecule has 0 aromatic rings. The van der Waals surface area contributed by atoms with Gasteiger partial charge in [0.1, 0.15) is 0 Å². The lowest BCUT2D eigenvalue weighted by atomic mass is 9.93. The number of amides is 1. The first kappa shape index (κ1) is 13.8. The molecule has 0 aromatic heterocycles. The molecule has 0 bridgehead atoms. The number of rotatable bonds is 2. The van der Waals surface area contributed by atoms with E-state index < -0.39 is 0 Å². The summed E-state index contributed by atoms with van der Waals surface area (Å²) in [5, 5.41) is 0. The Morgan fingerprint density at radius 1 is 1.17 bits per heavy atom. The molecule has 18 heavy (non-hydrogen) atoms. The van der Waals surface area contributed by atoms with Crippen LogP contribution < -0.4 is 5.73 Å². The average Bonchev–Trinajstić information content (AvgIpc) is 2.32. The largest absolute Gasteiger partial charge is 0.339 e. The highest BCUT2D eigenvalue weighted by molar-refractivity contribution is 5.78. The van der Waals surface area contributed by atoms with Crippen LogP contribution in [0.3, 0.4) is 0 Å². The standard InChI is InChI=1S/C14H27N3O/c1-11-3-8-17(12(2)9-11)14(18)10-16-6-4-13(15)5-7-16/h11-13H,3-10,15H2,1-2H3. The molecular formula is C14H27N3O. The van der Waals surface area contributed by atoms with Gasteiger partial charge in [-0.25, -0.2) is 0 Å². The van der Waals surface area contributed by atoms with Gasteiger partial charge in [0.05, 0.1) is 6.54 Å². The summed E-state index contributed by atoms with van der Waals surface area (Å²) in [7, 11) is 0. The Morgan fingerprint density at radius 2 is 1.83 bits per heavy atom. The zero-order valence-corrected chi connectivity index (χ0v) is 11.8. The van der Waals surface area contributed by atoms with E-state index in [2.05, 4.69) is 23.6 Å². The van der Waals surface area contributed by atoms with Gasteiger partial charge in [0, 0.05) is 31.7 Å². The minimum Gasteiger partial charge on any atom is -0.339 e. The summed E-state index contributed by atoms with van der Waals surface area (Å²) < 4.78 is 0. The molecule has 0 saturated carbocycles. The van der Waals surface area contributed by atoms with Crippen molar-refractivity contribution in [1.82, 2.24) is 9.80 Å².